The molecule has 22 heavy (non-hydrogen) atoms. The summed E-state index contributed by atoms with van der Waals surface area (Å²) < 4.78 is 21.5. The van der Waals surface area contributed by atoms with E-state index in [1.165, 1.54) is 6.92 Å². The number of carbonyl (C=O) groups is 2. The lowest BCUT2D eigenvalue weighted by atomic mass is 10.3. The molecule has 1 aromatic carbocycles. The first-order valence-electron chi connectivity index (χ1n) is 6.37. The Morgan fingerprint density at radius 3 is 2.50 bits per heavy atom. The van der Waals surface area contributed by atoms with E-state index < -0.39 is 31.4 Å². The molecule has 0 saturated heterocycles. The highest BCUT2D eigenvalue weighted by molar-refractivity contribution is 7.59. The van der Waals surface area contributed by atoms with Gasteiger partial charge in [0.25, 0.3) is 0 Å². The number of methoxy groups -OCH3 is 1. The summed E-state index contributed by atoms with van der Waals surface area (Å²) in [6.07, 6.45) is -1.34. The van der Waals surface area contributed by atoms with Crippen molar-refractivity contribution < 1.29 is 28.5 Å². The fourth-order valence-corrected chi connectivity index (χ4v) is 2.77. The number of benzene rings is 1. The molecule has 0 radical (unpaired) electrons. The first kappa shape index (κ1) is 17.9. The Hall–Kier alpha value is -2.11. The van der Waals surface area contributed by atoms with Gasteiger partial charge in [-0.05, 0) is 19.1 Å². The molecule has 1 rings (SSSR count). The number of para-hydroxylation sites is 1. The van der Waals surface area contributed by atoms with Gasteiger partial charge in [-0.25, -0.2) is 9.59 Å². The van der Waals surface area contributed by atoms with Gasteiger partial charge in [-0.1, -0.05) is 24.8 Å². The van der Waals surface area contributed by atoms with E-state index in [0.717, 1.165) is 7.11 Å². The van der Waals surface area contributed by atoms with E-state index in [1.807, 2.05) is 0 Å². The van der Waals surface area contributed by atoms with Gasteiger partial charge in [0.1, 0.15) is 11.5 Å². The van der Waals surface area contributed by atoms with E-state index in [9.17, 15) is 19.0 Å². The number of rotatable bonds is 6. The lowest BCUT2D eigenvalue weighted by Crippen LogP contribution is -2.35. The number of carbonyl (C=O) groups excluding carboxylic acids is 2. The third-order valence-corrected chi connectivity index (χ3v) is 4.95. The molecule has 120 valence electrons. The van der Waals surface area contributed by atoms with Crippen molar-refractivity contribution >= 4 is 19.4 Å². The molecule has 8 heteroatoms. The van der Waals surface area contributed by atoms with Crippen LogP contribution in [0.15, 0.2) is 42.5 Å². The molecule has 0 aliphatic rings. The maximum absolute atomic E-state index is 12.1. The van der Waals surface area contributed by atoms with E-state index in [-0.39, 0.29) is 5.57 Å². The Kier molecular flexibility index (Phi) is 6.34. The summed E-state index contributed by atoms with van der Waals surface area (Å²) in [4.78, 5) is 32.8. The largest absolute Gasteiger partial charge is 0.466 e. The standard InChI is InChI=1S/C14H18NO6P/c1-10(13(16)20-3)9-22(18,19)11(2)15-14(17)21-12-7-5-4-6-8-12/h4-8,11H,1,9H2,2-3H3,(H,15,17)(H,18,19). The van der Waals surface area contributed by atoms with Crippen molar-refractivity contribution in [3.05, 3.63) is 42.5 Å². The molecular weight excluding hydrogens is 309 g/mol. The van der Waals surface area contributed by atoms with Crippen LogP contribution in [0.25, 0.3) is 0 Å². The predicted octanol–water partition coefficient (Wildman–Crippen LogP) is 2.12. The van der Waals surface area contributed by atoms with Gasteiger partial charge in [-0.2, -0.15) is 0 Å². The van der Waals surface area contributed by atoms with E-state index in [4.69, 9.17) is 4.74 Å². The second kappa shape index (κ2) is 7.77. The van der Waals surface area contributed by atoms with Crippen LogP contribution < -0.4 is 10.1 Å². The van der Waals surface area contributed by atoms with Crippen LogP contribution in [0.3, 0.4) is 0 Å². The first-order chi connectivity index (χ1) is 10.3. The zero-order chi connectivity index (χ0) is 16.8. The monoisotopic (exact) mass is 327 g/mol. The van der Waals surface area contributed by atoms with Gasteiger partial charge < -0.3 is 19.7 Å². The molecule has 0 heterocycles. The highest BCUT2D eigenvalue weighted by Gasteiger charge is 2.31. The Balaban J connectivity index is 2.60. The zero-order valence-corrected chi connectivity index (χ0v) is 13.2. The average molecular weight is 327 g/mol. The molecule has 0 saturated carbocycles. The fourth-order valence-electron chi connectivity index (χ4n) is 1.52. The maximum Gasteiger partial charge on any atom is 0.413 e. The summed E-state index contributed by atoms with van der Waals surface area (Å²) in [5, 5.41) is 2.26. The van der Waals surface area contributed by atoms with Crippen molar-refractivity contribution in [2.45, 2.75) is 12.7 Å². The summed E-state index contributed by atoms with van der Waals surface area (Å²) in [5.41, 5.74) is -0.140. The minimum atomic E-state index is -3.88. The molecular formula is C14H18NO6P. The van der Waals surface area contributed by atoms with Gasteiger partial charge in [-0.3, -0.25) is 4.57 Å². The van der Waals surface area contributed by atoms with Crippen LogP contribution in [0.5, 0.6) is 5.75 Å². The summed E-state index contributed by atoms with van der Waals surface area (Å²) in [6, 6.07) is 8.27. The zero-order valence-electron chi connectivity index (χ0n) is 12.3. The van der Waals surface area contributed by atoms with Crippen LogP contribution in [0.2, 0.25) is 0 Å². The predicted molar refractivity (Wildman–Crippen MR) is 80.9 cm³/mol. The summed E-state index contributed by atoms with van der Waals surface area (Å²) >= 11 is 0. The SMILES string of the molecule is C=C(CP(=O)(O)C(C)NC(=O)Oc1ccccc1)C(=O)OC. The van der Waals surface area contributed by atoms with Crippen molar-refractivity contribution in [1.29, 1.82) is 0 Å². The number of ether oxygens (including phenoxy) is 2. The minimum Gasteiger partial charge on any atom is -0.466 e. The second-order valence-electron chi connectivity index (χ2n) is 4.53. The smallest absolute Gasteiger partial charge is 0.413 e. The molecule has 1 aromatic rings. The topological polar surface area (TPSA) is 102 Å². The van der Waals surface area contributed by atoms with Crippen LogP contribution in [0.4, 0.5) is 4.79 Å². The highest BCUT2D eigenvalue weighted by atomic mass is 31.2. The Morgan fingerprint density at radius 2 is 1.95 bits per heavy atom. The number of hydrogen-bond donors (Lipinski definition) is 2. The second-order valence-corrected chi connectivity index (χ2v) is 7.13. The molecule has 2 N–H and O–H groups in total. The van der Waals surface area contributed by atoms with Gasteiger partial charge >= 0.3 is 12.1 Å². The van der Waals surface area contributed by atoms with Gasteiger partial charge in [-0.15, -0.1) is 0 Å². The third kappa shape index (κ3) is 5.35. The number of amides is 1. The molecule has 2 atom stereocenters. The van der Waals surface area contributed by atoms with E-state index in [0.29, 0.717) is 5.75 Å². The van der Waals surface area contributed by atoms with Gasteiger partial charge in [0.15, 0.2) is 0 Å². The number of esters is 1. The molecule has 0 aliphatic heterocycles. The van der Waals surface area contributed by atoms with Gasteiger partial charge in [0.05, 0.1) is 13.3 Å². The van der Waals surface area contributed by atoms with Crippen molar-refractivity contribution in [3.63, 3.8) is 0 Å². The van der Waals surface area contributed by atoms with Crippen molar-refractivity contribution in [2.24, 2.45) is 0 Å². The van der Waals surface area contributed by atoms with Crippen LogP contribution in [0.1, 0.15) is 6.92 Å². The summed E-state index contributed by atoms with van der Waals surface area (Å²) in [7, 11) is -2.73. The Bertz CT molecular complexity index is 601. The van der Waals surface area contributed by atoms with Crippen molar-refractivity contribution in [3.8, 4) is 5.75 Å². The highest BCUT2D eigenvalue weighted by Crippen LogP contribution is 2.46. The fraction of sp³-hybridized carbons (Fsp3) is 0.286. The van der Waals surface area contributed by atoms with Crippen molar-refractivity contribution in [2.75, 3.05) is 13.3 Å². The summed E-state index contributed by atoms with van der Waals surface area (Å²) in [6.45, 7) is 4.73. The Morgan fingerprint density at radius 1 is 1.36 bits per heavy atom. The van der Waals surface area contributed by atoms with Crippen LogP contribution in [-0.2, 0) is 14.1 Å². The molecule has 0 spiro atoms. The van der Waals surface area contributed by atoms with Crippen LogP contribution in [-0.4, -0.2) is 36.0 Å². The van der Waals surface area contributed by atoms with E-state index >= 15 is 0 Å². The van der Waals surface area contributed by atoms with Gasteiger partial charge in [0.2, 0.25) is 7.37 Å². The van der Waals surface area contributed by atoms with E-state index in [1.54, 1.807) is 30.3 Å². The number of hydrogen-bond acceptors (Lipinski definition) is 5. The molecule has 0 fully saturated rings. The first-order valence-corrected chi connectivity index (χ1v) is 8.28. The van der Waals surface area contributed by atoms with Gasteiger partial charge in [0, 0.05) is 5.57 Å². The summed E-state index contributed by atoms with van der Waals surface area (Å²) in [5.74, 6) is -1.57. The lowest BCUT2D eigenvalue weighted by molar-refractivity contribution is -0.135. The lowest BCUT2D eigenvalue weighted by Gasteiger charge is -2.20. The molecule has 7 nitrogen and oxygen atoms in total. The van der Waals surface area contributed by atoms with E-state index in [2.05, 4.69) is 16.6 Å². The number of nitrogens with one attached hydrogen (secondary N) is 1. The molecule has 0 aromatic heterocycles. The third-order valence-electron chi connectivity index (χ3n) is 2.78. The molecule has 2 unspecified atom stereocenters. The maximum atomic E-state index is 12.1. The average Bonchev–Trinajstić information content (AvgIpc) is 2.46. The normalized spacial score (nSPS) is 14.3. The van der Waals surface area contributed by atoms with Crippen molar-refractivity contribution in [1.82, 2.24) is 5.32 Å². The quantitative estimate of drug-likeness (QED) is 0.471. The molecule has 0 bridgehead atoms. The van der Waals surface area contributed by atoms with Crippen LogP contribution >= 0.6 is 7.37 Å². The van der Waals surface area contributed by atoms with Crippen LogP contribution in [0, 0.1) is 0 Å². The molecule has 0 aliphatic carbocycles. The molecule has 1 amide bonds. The minimum absolute atomic E-state index is 0.140. The Labute approximate surface area is 128 Å².